The second-order valence-corrected chi connectivity index (χ2v) is 6.99. The van der Waals surface area contributed by atoms with Gasteiger partial charge in [-0.2, -0.15) is 0 Å². The van der Waals surface area contributed by atoms with Gasteiger partial charge in [0.25, 0.3) is 5.91 Å². The number of ether oxygens (including phenoxy) is 1. The molecule has 0 unspecified atom stereocenters. The Morgan fingerprint density at radius 2 is 1.67 bits per heavy atom. The average Bonchev–Trinajstić information content (AvgIpc) is 2.74. The van der Waals surface area contributed by atoms with E-state index in [1.165, 1.54) is 5.69 Å². The first kappa shape index (κ1) is 17.6. The fourth-order valence-corrected chi connectivity index (χ4v) is 3.52. The summed E-state index contributed by atoms with van der Waals surface area (Å²) in [6.45, 7) is 4.02. The molecule has 4 heteroatoms. The molecule has 0 N–H and O–H groups in total. The molecule has 0 saturated carbocycles. The number of morpholine rings is 1. The van der Waals surface area contributed by atoms with E-state index in [-0.39, 0.29) is 5.91 Å². The highest BCUT2D eigenvalue weighted by Gasteiger charge is 2.14. The molecular formula is C23H24N2O2. The minimum atomic E-state index is 0.0398. The molecule has 1 amide bonds. The Labute approximate surface area is 160 Å². The highest BCUT2D eigenvalue weighted by atomic mass is 16.5. The number of benzene rings is 3. The van der Waals surface area contributed by atoms with Gasteiger partial charge in [-0.25, -0.2) is 0 Å². The number of nitrogens with zero attached hydrogens (tertiary/aromatic N) is 2. The molecule has 0 radical (unpaired) electrons. The van der Waals surface area contributed by atoms with Crippen LogP contribution < -0.4 is 4.90 Å². The fourth-order valence-electron chi connectivity index (χ4n) is 3.52. The van der Waals surface area contributed by atoms with E-state index >= 15 is 0 Å². The molecule has 3 aromatic carbocycles. The predicted octanol–water partition coefficient (Wildman–Crippen LogP) is 3.95. The summed E-state index contributed by atoms with van der Waals surface area (Å²) in [5.41, 5.74) is 3.07. The van der Waals surface area contributed by atoms with Crippen LogP contribution in [0.15, 0.2) is 66.7 Å². The first-order chi connectivity index (χ1) is 13.2. The van der Waals surface area contributed by atoms with Crippen LogP contribution >= 0.6 is 0 Å². The molecular weight excluding hydrogens is 336 g/mol. The van der Waals surface area contributed by atoms with Crippen LogP contribution in [-0.2, 0) is 11.3 Å². The standard InChI is InChI=1S/C23H24N2O2/c1-24(23(26)21-9-8-19-4-2-3-5-20(19)16-21)17-18-6-10-22(11-7-18)25-12-14-27-15-13-25/h2-11,16H,12-15,17H2,1H3. The van der Waals surface area contributed by atoms with Crippen LogP contribution in [0.2, 0.25) is 0 Å². The van der Waals surface area contributed by atoms with Crippen molar-refractivity contribution in [3.63, 3.8) is 0 Å². The number of carbonyl (C=O) groups is 1. The molecule has 1 aliphatic rings. The lowest BCUT2D eigenvalue weighted by molar-refractivity contribution is 0.0785. The fraction of sp³-hybridized carbons (Fsp3) is 0.261. The molecule has 27 heavy (non-hydrogen) atoms. The van der Waals surface area contributed by atoms with Gasteiger partial charge in [0.15, 0.2) is 0 Å². The van der Waals surface area contributed by atoms with Crippen LogP contribution in [0.1, 0.15) is 15.9 Å². The summed E-state index contributed by atoms with van der Waals surface area (Å²) in [5.74, 6) is 0.0398. The zero-order valence-corrected chi connectivity index (χ0v) is 15.6. The molecule has 0 aliphatic carbocycles. The Hall–Kier alpha value is -2.85. The highest BCUT2D eigenvalue weighted by molar-refractivity contribution is 5.98. The lowest BCUT2D eigenvalue weighted by Gasteiger charge is -2.29. The van der Waals surface area contributed by atoms with E-state index in [0.29, 0.717) is 6.54 Å². The van der Waals surface area contributed by atoms with E-state index < -0.39 is 0 Å². The third-order valence-electron chi connectivity index (χ3n) is 5.08. The van der Waals surface area contributed by atoms with Crippen molar-refractivity contribution in [1.29, 1.82) is 0 Å². The molecule has 0 aromatic heterocycles. The van der Waals surface area contributed by atoms with Gasteiger partial charge in [0.05, 0.1) is 13.2 Å². The molecule has 1 fully saturated rings. The number of fused-ring (bicyclic) bond motifs is 1. The van der Waals surface area contributed by atoms with E-state index in [1.807, 2.05) is 43.4 Å². The first-order valence-electron chi connectivity index (χ1n) is 9.36. The van der Waals surface area contributed by atoms with Crippen LogP contribution in [-0.4, -0.2) is 44.2 Å². The van der Waals surface area contributed by atoms with Gasteiger partial charge in [0, 0.05) is 37.9 Å². The molecule has 138 valence electrons. The van der Waals surface area contributed by atoms with Crippen LogP contribution in [0.5, 0.6) is 0 Å². The van der Waals surface area contributed by atoms with E-state index in [4.69, 9.17) is 4.74 Å². The number of amides is 1. The van der Waals surface area contributed by atoms with Crippen molar-refractivity contribution >= 4 is 22.4 Å². The molecule has 0 atom stereocenters. The van der Waals surface area contributed by atoms with Crippen molar-refractivity contribution in [2.75, 3.05) is 38.3 Å². The monoisotopic (exact) mass is 360 g/mol. The van der Waals surface area contributed by atoms with Gasteiger partial charge in [-0.05, 0) is 40.6 Å². The predicted molar refractivity (Wildman–Crippen MR) is 109 cm³/mol. The lowest BCUT2D eigenvalue weighted by Crippen LogP contribution is -2.36. The topological polar surface area (TPSA) is 32.8 Å². The minimum absolute atomic E-state index is 0.0398. The minimum Gasteiger partial charge on any atom is -0.378 e. The third-order valence-corrected chi connectivity index (χ3v) is 5.08. The van der Waals surface area contributed by atoms with Crippen LogP contribution in [0.25, 0.3) is 10.8 Å². The van der Waals surface area contributed by atoms with Crippen molar-refractivity contribution in [3.8, 4) is 0 Å². The third kappa shape index (κ3) is 3.96. The van der Waals surface area contributed by atoms with Gasteiger partial charge in [-0.15, -0.1) is 0 Å². The first-order valence-corrected chi connectivity index (χ1v) is 9.36. The summed E-state index contributed by atoms with van der Waals surface area (Å²) in [7, 11) is 1.85. The second kappa shape index (κ2) is 7.80. The summed E-state index contributed by atoms with van der Waals surface area (Å²) in [6.07, 6.45) is 0. The summed E-state index contributed by atoms with van der Waals surface area (Å²) >= 11 is 0. The summed E-state index contributed by atoms with van der Waals surface area (Å²) in [6, 6.07) is 22.5. The molecule has 4 rings (SSSR count). The van der Waals surface area contributed by atoms with Gasteiger partial charge in [-0.1, -0.05) is 42.5 Å². The highest BCUT2D eigenvalue weighted by Crippen LogP contribution is 2.19. The zero-order valence-electron chi connectivity index (χ0n) is 15.6. The molecule has 1 saturated heterocycles. The van der Waals surface area contributed by atoms with Crippen LogP contribution in [0, 0.1) is 0 Å². The molecule has 1 aliphatic heterocycles. The largest absolute Gasteiger partial charge is 0.378 e. The van der Waals surface area contributed by atoms with E-state index in [0.717, 1.165) is 48.2 Å². The van der Waals surface area contributed by atoms with Gasteiger partial charge < -0.3 is 14.5 Å². The van der Waals surface area contributed by atoms with Crippen LogP contribution in [0.3, 0.4) is 0 Å². The Kier molecular flexibility index (Phi) is 5.07. The second-order valence-electron chi connectivity index (χ2n) is 6.99. The van der Waals surface area contributed by atoms with E-state index in [9.17, 15) is 4.79 Å². The van der Waals surface area contributed by atoms with Crippen molar-refractivity contribution in [2.45, 2.75) is 6.54 Å². The number of rotatable bonds is 4. The summed E-state index contributed by atoms with van der Waals surface area (Å²) < 4.78 is 5.41. The summed E-state index contributed by atoms with van der Waals surface area (Å²) in [4.78, 5) is 16.9. The van der Waals surface area contributed by atoms with Crippen molar-refractivity contribution in [2.24, 2.45) is 0 Å². The van der Waals surface area contributed by atoms with E-state index in [1.54, 1.807) is 4.90 Å². The quantitative estimate of drug-likeness (QED) is 0.706. The Morgan fingerprint density at radius 3 is 2.41 bits per heavy atom. The van der Waals surface area contributed by atoms with E-state index in [2.05, 4.69) is 35.2 Å². The number of hydrogen-bond acceptors (Lipinski definition) is 3. The molecule has 0 spiro atoms. The lowest BCUT2D eigenvalue weighted by atomic mass is 10.1. The van der Waals surface area contributed by atoms with Crippen molar-refractivity contribution < 1.29 is 9.53 Å². The van der Waals surface area contributed by atoms with Gasteiger partial charge in [0.2, 0.25) is 0 Å². The molecule has 4 nitrogen and oxygen atoms in total. The molecule has 3 aromatic rings. The van der Waals surface area contributed by atoms with Gasteiger partial charge >= 0.3 is 0 Å². The SMILES string of the molecule is CN(Cc1ccc(N2CCOCC2)cc1)C(=O)c1ccc2ccccc2c1. The normalized spacial score (nSPS) is 14.3. The Balaban J connectivity index is 1.44. The maximum absolute atomic E-state index is 12.8. The summed E-state index contributed by atoms with van der Waals surface area (Å²) in [5, 5.41) is 2.24. The smallest absolute Gasteiger partial charge is 0.253 e. The maximum Gasteiger partial charge on any atom is 0.253 e. The average molecular weight is 360 g/mol. The number of hydrogen-bond donors (Lipinski definition) is 0. The number of anilines is 1. The van der Waals surface area contributed by atoms with Crippen molar-refractivity contribution in [1.82, 2.24) is 4.90 Å². The molecule has 1 heterocycles. The van der Waals surface area contributed by atoms with Crippen LogP contribution in [0.4, 0.5) is 5.69 Å². The van der Waals surface area contributed by atoms with Gasteiger partial charge in [-0.3, -0.25) is 4.79 Å². The van der Waals surface area contributed by atoms with Crippen molar-refractivity contribution in [3.05, 3.63) is 77.9 Å². The maximum atomic E-state index is 12.8. The van der Waals surface area contributed by atoms with Gasteiger partial charge in [0.1, 0.15) is 0 Å². The Morgan fingerprint density at radius 1 is 0.963 bits per heavy atom. The Bertz CT molecular complexity index is 931. The zero-order chi connectivity index (χ0) is 18.6. The number of carbonyl (C=O) groups excluding carboxylic acids is 1. The molecule has 0 bridgehead atoms.